The van der Waals surface area contributed by atoms with Crippen molar-refractivity contribution in [3.8, 4) is 0 Å². The maximum absolute atomic E-state index is 5.97. The Hall–Kier alpha value is -0.840. The normalized spacial score (nSPS) is 30.2. The summed E-state index contributed by atoms with van der Waals surface area (Å²) in [5.41, 5.74) is 0.971. The first-order valence-electron chi connectivity index (χ1n) is 6.26. The lowest BCUT2D eigenvalue weighted by Crippen LogP contribution is -2.30. The molecule has 2 fully saturated rings. The Morgan fingerprint density at radius 3 is 3.11 bits per heavy atom. The van der Waals surface area contributed by atoms with Crippen molar-refractivity contribution >= 4 is 38.3 Å². The first kappa shape index (κ1) is 11.0. The summed E-state index contributed by atoms with van der Waals surface area (Å²) in [4.78, 5) is 4.59. The number of rotatable bonds is 2. The van der Waals surface area contributed by atoms with Gasteiger partial charge >= 0.3 is 0 Å². The Labute approximate surface area is 114 Å². The highest BCUT2D eigenvalue weighted by Gasteiger charge is 2.40. The molecule has 4 rings (SSSR count). The number of thiazole rings is 1. The van der Waals surface area contributed by atoms with Crippen molar-refractivity contribution in [2.24, 2.45) is 0 Å². The minimum atomic E-state index is 0.380. The van der Waals surface area contributed by atoms with Crippen LogP contribution < -0.4 is 5.32 Å². The third kappa shape index (κ3) is 1.79. The fraction of sp³-hybridized carbons (Fsp3) is 0.462. The molecule has 2 bridgehead atoms. The number of hydrogen-bond donors (Lipinski definition) is 1. The van der Waals surface area contributed by atoms with E-state index in [0.717, 1.165) is 22.1 Å². The molecule has 2 aliphatic heterocycles. The van der Waals surface area contributed by atoms with Gasteiger partial charge in [-0.15, -0.1) is 0 Å². The molecule has 0 saturated carbocycles. The lowest BCUT2D eigenvalue weighted by atomic mass is 9.96. The number of halogens is 1. The first-order chi connectivity index (χ1) is 8.78. The summed E-state index contributed by atoms with van der Waals surface area (Å²) in [6.07, 6.45) is 4.36. The molecule has 2 saturated heterocycles. The van der Waals surface area contributed by atoms with Crippen molar-refractivity contribution in [3.05, 3.63) is 23.2 Å². The van der Waals surface area contributed by atoms with Gasteiger partial charge in [0.05, 0.1) is 28.5 Å². The Bertz CT molecular complexity index is 600. The van der Waals surface area contributed by atoms with Crippen LogP contribution in [0, 0.1) is 0 Å². The average molecular weight is 281 g/mol. The molecule has 1 N–H and O–H groups in total. The predicted octanol–water partition coefficient (Wildman–Crippen LogP) is 3.68. The smallest absolute Gasteiger partial charge is 0.184 e. The van der Waals surface area contributed by atoms with Gasteiger partial charge in [-0.3, -0.25) is 0 Å². The molecule has 0 radical (unpaired) electrons. The van der Waals surface area contributed by atoms with Gasteiger partial charge < -0.3 is 10.1 Å². The Morgan fingerprint density at radius 2 is 2.33 bits per heavy atom. The van der Waals surface area contributed by atoms with Crippen LogP contribution in [0.1, 0.15) is 19.3 Å². The van der Waals surface area contributed by atoms with Crippen LogP contribution in [0.4, 0.5) is 5.13 Å². The predicted molar refractivity (Wildman–Crippen MR) is 74.6 cm³/mol. The highest BCUT2D eigenvalue weighted by molar-refractivity contribution is 7.22. The Kier molecular flexibility index (Phi) is 2.50. The van der Waals surface area contributed by atoms with E-state index >= 15 is 0 Å². The number of nitrogens with one attached hydrogen (secondary N) is 1. The molecular formula is C13H13ClN2OS. The molecule has 0 aliphatic carbocycles. The van der Waals surface area contributed by atoms with E-state index in [2.05, 4.69) is 10.3 Å². The summed E-state index contributed by atoms with van der Waals surface area (Å²) in [5.74, 6) is 0. The van der Waals surface area contributed by atoms with Crippen molar-refractivity contribution < 1.29 is 4.74 Å². The molecule has 0 spiro atoms. The summed E-state index contributed by atoms with van der Waals surface area (Å²) in [5, 5.41) is 5.24. The van der Waals surface area contributed by atoms with E-state index in [0.29, 0.717) is 18.2 Å². The second kappa shape index (κ2) is 4.08. The lowest BCUT2D eigenvalue weighted by Gasteiger charge is -2.19. The van der Waals surface area contributed by atoms with Crippen LogP contribution in [-0.2, 0) is 4.74 Å². The molecule has 3 unspecified atom stereocenters. The number of benzene rings is 1. The van der Waals surface area contributed by atoms with Crippen molar-refractivity contribution in [3.63, 3.8) is 0 Å². The zero-order chi connectivity index (χ0) is 12.1. The van der Waals surface area contributed by atoms with E-state index in [-0.39, 0.29) is 0 Å². The number of hydrogen-bond acceptors (Lipinski definition) is 4. The van der Waals surface area contributed by atoms with E-state index in [1.165, 1.54) is 17.5 Å². The SMILES string of the molecule is Clc1ccc2sc(NC3CC4CCC3O4)nc2c1. The summed E-state index contributed by atoms with van der Waals surface area (Å²) in [6.45, 7) is 0. The molecule has 1 aromatic heterocycles. The minimum absolute atomic E-state index is 0.380. The quantitative estimate of drug-likeness (QED) is 0.911. The van der Waals surface area contributed by atoms with Gasteiger partial charge in [0.15, 0.2) is 5.13 Å². The largest absolute Gasteiger partial charge is 0.373 e. The fourth-order valence-electron chi connectivity index (χ4n) is 2.91. The van der Waals surface area contributed by atoms with Crippen molar-refractivity contribution in [2.45, 2.75) is 37.5 Å². The zero-order valence-electron chi connectivity index (χ0n) is 9.73. The van der Waals surface area contributed by atoms with Gasteiger partial charge in [0.2, 0.25) is 0 Å². The molecule has 2 aromatic rings. The molecular weight excluding hydrogens is 268 g/mol. The second-order valence-corrected chi connectivity index (χ2v) is 6.46. The third-order valence-corrected chi connectivity index (χ3v) is 4.97. The van der Waals surface area contributed by atoms with E-state index in [1.807, 2.05) is 18.2 Å². The van der Waals surface area contributed by atoms with Gasteiger partial charge in [-0.2, -0.15) is 0 Å². The minimum Gasteiger partial charge on any atom is -0.373 e. The number of fused-ring (bicyclic) bond motifs is 3. The van der Waals surface area contributed by atoms with Crippen molar-refractivity contribution in [1.82, 2.24) is 4.98 Å². The molecule has 1 aromatic carbocycles. The standard InChI is InChI=1S/C13H13ClN2OS/c14-7-1-4-12-10(5-7)16-13(18-12)15-9-6-8-2-3-11(9)17-8/h1,4-5,8-9,11H,2-3,6H2,(H,15,16). The number of anilines is 1. The van der Waals surface area contributed by atoms with Crippen LogP contribution in [0.5, 0.6) is 0 Å². The highest BCUT2D eigenvalue weighted by Crippen LogP contribution is 2.37. The van der Waals surface area contributed by atoms with E-state index < -0.39 is 0 Å². The molecule has 3 atom stereocenters. The Balaban J connectivity index is 1.59. The van der Waals surface area contributed by atoms with Crippen LogP contribution in [0.25, 0.3) is 10.2 Å². The second-order valence-electron chi connectivity index (χ2n) is 4.99. The van der Waals surface area contributed by atoms with Crippen molar-refractivity contribution in [2.75, 3.05) is 5.32 Å². The molecule has 3 heterocycles. The van der Waals surface area contributed by atoms with Gasteiger partial charge in [-0.1, -0.05) is 22.9 Å². The fourth-order valence-corrected chi connectivity index (χ4v) is 3.98. The summed E-state index contributed by atoms with van der Waals surface area (Å²) >= 11 is 7.66. The maximum Gasteiger partial charge on any atom is 0.184 e. The first-order valence-corrected chi connectivity index (χ1v) is 7.45. The lowest BCUT2D eigenvalue weighted by molar-refractivity contribution is 0.102. The van der Waals surface area contributed by atoms with Crippen LogP contribution in [-0.4, -0.2) is 23.2 Å². The molecule has 2 aliphatic rings. The number of aromatic nitrogens is 1. The highest BCUT2D eigenvalue weighted by atomic mass is 35.5. The van der Waals surface area contributed by atoms with Crippen LogP contribution in [0.2, 0.25) is 5.02 Å². The van der Waals surface area contributed by atoms with E-state index in [4.69, 9.17) is 16.3 Å². The Morgan fingerprint density at radius 1 is 1.39 bits per heavy atom. The van der Waals surface area contributed by atoms with E-state index in [9.17, 15) is 0 Å². The monoisotopic (exact) mass is 280 g/mol. The number of nitrogens with zero attached hydrogens (tertiary/aromatic N) is 1. The number of ether oxygens (including phenoxy) is 1. The van der Waals surface area contributed by atoms with Crippen LogP contribution in [0.3, 0.4) is 0 Å². The molecule has 3 nitrogen and oxygen atoms in total. The van der Waals surface area contributed by atoms with E-state index in [1.54, 1.807) is 11.3 Å². The topological polar surface area (TPSA) is 34.1 Å². The maximum atomic E-state index is 5.97. The third-order valence-electron chi connectivity index (χ3n) is 3.76. The summed E-state index contributed by atoms with van der Waals surface area (Å²) in [7, 11) is 0. The van der Waals surface area contributed by atoms with Gasteiger partial charge in [-0.25, -0.2) is 4.98 Å². The van der Waals surface area contributed by atoms with Gasteiger partial charge in [0.25, 0.3) is 0 Å². The van der Waals surface area contributed by atoms with Gasteiger partial charge in [0.1, 0.15) is 0 Å². The average Bonchev–Trinajstić information content (AvgIpc) is 3.02. The zero-order valence-corrected chi connectivity index (χ0v) is 11.3. The molecule has 5 heteroatoms. The summed E-state index contributed by atoms with van der Waals surface area (Å²) in [6, 6.07) is 6.28. The van der Waals surface area contributed by atoms with Crippen LogP contribution in [0.15, 0.2) is 18.2 Å². The molecule has 94 valence electrons. The molecule has 18 heavy (non-hydrogen) atoms. The van der Waals surface area contributed by atoms with Crippen LogP contribution >= 0.6 is 22.9 Å². The summed E-state index contributed by atoms with van der Waals surface area (Å²) < 4.78 is 7.02. The van der Waals surface area contributed by atoms with Gasteiger partial charge in [0, 0.05) is 5.02 Å². The van der Waals surface area contributed by atoms with Crippen molar-refractivity contribution in [1.29, 1.82) is 0 Å². The van der Waals surface area contributed by atoms with Gasteiger partial charge in [-0.05, 0) is 37.5 Å². The molecule has 0 amide bonds.